The molecule has 168 valence electrons. The summed E-state index contributed by atoms with van der Waals surface area (Å²) in [5.41, 5.74) is 2.05. The Bertz CT molecular complexity index is 709. The van der Waals surface area contributed by atoms with E-state index in [4.69, 9.17) is 4.74 Å². The Morgan fingerprint density at radius 1 is 1.07 bits per heavy atom. The van der Waals surface area contributed by atoms with E-state index in [0.29, 0.717) is 18.1 Å². The molecule has 0 radical (unpaired) electrons. The van der Waals surface area contributed by atoms with Gasteiger partial charge in [0.05, 0.1) is 0 Å². The highest BCUT2D eigenvalue weighted by atomic mass is 16.5. The van der Waals surface area contributed by atoms with Crippen molar-refractivity contribution in [2.24, 2.45) is 34.5 Å². The third-order valence-electron chi connectivity index (χ3n) is 9.83. The minimum absolute atomic E-state index is 0.000928. The van der Waals surface area contributed by atoms with Gasteiger partial charge < -0.3 is 4.74 Å². The molecule has 0 spiro atoms. The third-order valence-corrected chi connectivity index (χ3v) is 9.83. The van der Waals surface area contributed by atoms with Crippen molar-refractivity contribution in [2.75, 3.05) is 0 Å². The van der Waals surface area contributed by atoms with Crippen molar-refractivity contribution in [1.29, 1.82) is 0 Å². The Kier molecular flexibility index (Phi) is 6.21. The van der Waals surface area contributed by atoms with Crippen molar-refractivity contribution in [3.05, 3.63) is 11.6 Å². The lowest BCUT2D eigenvalue weighted by molar-refractivity contribution is -0.151. The van der Waals surface area contributed by atoms with Gasteiger partial charge in [0.25, 0.3) is 0 Å². The second kappa shape index (κ2) is 8.43. The molecule has 3 fully saturated rings. The zero-order valence-corrected chi connectivity index (χ0v) is 19.7. The minimum atomic E-state index is 0.000928. The van der Waals surface area contributed by atoms with Gasteiger partial charge in [-0.05, 0) is 86.9 Å². The number of ether oxygens (including phenoxy) is 1. The van der Waals surface area contributed by atoms with Gasteiger partial charge in [0.2, 0.25) is 0 Å². The van der Waals surface area contributed by atoms with Crippen LogP contribution in [0.3, 0.4) is 0 Å². The molecule has 0 saturated heterocycles. The van der Waals surface area contributed by atoms with Crippen LogP contribution in [-0.2, 0) is 14.3 Å². The Balaban J connectivity index is 1.44. The number of allylic oxidation sites excluding steroid dienone is 1. The highest BCUT2D eigenvalue weighted by Gasteiger charge is 2.59. The average molecular weight is 415 g/mol. The second-order valence-corrected chi connectivity index (χ2v) is 11.4. The first-order chi connectivity index (χ1) is 14.3. The molecule has 0 aromatic rings. The first-order valence-electron chi connectivity index (χ1n) is 12.7. The van der Waals surface area contributed by atoms with E-state index in [2.05, 4.69) is 26.8 Å². The van der Waals surface area contributed by atoms with Crippen LogP contribution in [0.15, 0.2) is 11.6 Å². The second-order valence-electron chi connectivity index (χ2n) is 11.4. The molecule has 7 unspecified atom stereocenters. The van der Waals surface area contributed by atoms with E-state index in [-0.39, 0.29) is 28.8 Å². The molecular formula is C27H42O3. The topological polar surface area (TPSA) is 43.4 Å². The summed E-state index contributed by atoms with van der Waals surface area (Å²) in [5, 5.41) is 0. The SMILES string of the molecule is CCCCCC(=O)OC1CCC2(C)C(=CCC3C2CCC2(C)C(C(C)=O)CCC32)C1. The first kappa shape index (κ1) is 22.1. The lowest BCUT2D eigenvalue weighted by atomic mass is 9.47. The molecule has 7 atom stereocenters. The molecule has 30 heavy (non-hydrogen) atoms. The first-order valence-corrected chi connectivity index (χ1v) is 12.7. The summed E-state index contributed by atoms with van der Waals surface area (Å²) in [5.74, 6) is 2.87. The monoisotopic (exact) mass is 414 g/mol. The molecule has 3 saturated carbocycles. The maximum Gasteiger partial charge on any atom is 0.306 e. The molecule has 3 nitrogen and oxygen atoms in total. The summed E-state index contributed by atoms with van der Waals surface area (Å²) in [6, 6.07) is 0. The smallest absolute Gasteiger partial charge is 0.306 e. The van der Waals surface area contributed by atoms with Gasteiger partial charge in [-0.15, -0.1) is 0 Å². The zero-order chi connectivity index (χ0) is 21.5. The number of Topliss-reactive ketones (excluding diaryl/α,β-unsaturated/α-hetero) is 1. The number of fused-ring (bicyclic) bond motifs is 5. The molecule has 0 heterocycles. The number of esters is 1. The summed E-state index contributed by atoms with van der Waals surface area (Å²) in [7, 11) is 0. The Morgan fingerprint density at radius 2 is 1.87 bits per heavy atom. The molecule has 0 aromatic carbocycles. The van der Waals surface area contributed by atoms with Crippen LogP contribution in [0.1, 0.15) is 105 Å². The summed E-state index contributed by atoms with van der Waals surface area (Å²) in [6.45, 7) is 8.89. The van der Waals surface area contributed by atoms with Crippen LogP contribution in [0.25, 0.3) is 0 Å². The van der Waals surface area contributed by atoms with Crippen LogP contribution < -0.4 is 0 Å². The summed E-state index contributed by atoms with van der Waals surface area (Å²) >= 11 is 0. The van der Waals surface area contributed by atoms with Gasteiger partial charge >= 0.3 is 5.97 Å². The average Bonchev–Trinajstić information content (AvgIpc) is 3.06. The number of unbranched alkanes of at least 4 members (excludes halogenated alkanes) is 2. The number of carbonyl (C=O) groups excluding carboxylic acids is 2. The van der Waals surface area contributed by atoms with Crippen molar-refractivity contribution in [1.82, 2.24) is 0 Å². The van der Waals surface area contributed by atoms with Crippen LogP contribution in [0.2, 0.25) is 0 Å². The Morgan fingerprint density at radius 3 is 2.60 bits per heavy atom. The molecule has 0 aliphatic heterocycles. The van der Waals surface area contributed by atoms with Crippen LogP contribution in [0.5, 0.6) is 0 Å². The number of ketones is 1. The third kappa shape index (κ3) is 3.69. The van der Waals surface area contributed by atoms with Gasteiger partial charge in [-0.2, -0.15) is 0 Å². The fraction of sp³-hybridized carbons (Fsp3) is 0.852. The zero-order valence-electron chi connectivity index (χ0n) is 19.7. The molecule has 0 N–H and O–H groups in total. The molecule has 4 rings (SSSR count). The fourth-order valence-electron chi connectivity index (χ4n) is 8.16. The van der Waals surface area contributed by atoms with Crippen LogP contribution in [0, 0.1) is 34.5 Å². The van der Waals surface area contributed by atoms with Crippen LogP contribution in [0.4, 0.5) is 0 Å². The van der Waals surface area contributed by atoms with E-state index in [9.17, 15) is 9.59 Å². The highest BCUT2D eigenvalue weighted by molar-refractivity contribution is 5.79. The predicted molar refractivity (Wildman–Crippen MR) is 120 cm³/mol. The molecule has 0 aromatic heterocycles. The maximum absolute atomic E-state index is 12.3. The van der Waals surface area contributed by atoms with E-state index < -0.39 is 0 Å². The van der Waals surface area contributed by atoms with E-state index >= 15 is 0 Å². The summed E-state index contributed by atoms with van der Waals surface area (Å²) < 4.78 is 5.88. The lowest BCUT2D eigenvalue weighted by Gasteiger charge is -2.58. The van der Waals surface area contributed by atoms with E-state index in [1.807, 2.05) is 6.92 Å². The number of carbonyl (C=O) groups is 2. The van der Waals surface area contributed by atoms with Crippen molar-refractivity contribution in [2.45, 2.75) is 111 Å². The largest absolute Gasteiger partial charge is 0.462 e. The number of hydrogen-bond acceptors (Lipinski definition) is 3. The summed E-state index contributed by atoms with van der Waals surface area (Å²) in [6.07, 6.45) is 15.4. The molecular weight excluding hydrogens is 372 g/mol. The van der Waals surface area contributed by atoms with Crippen LogP contribution in [-0.4, -0.2) is 17.9 Å². The van der Waals surface area contributed by atoms with Crippen molar-refractivity contribution in [3.63, 3.8) is 0 Å². The van der Waals surface area contributed by atoms with Crippen molar-refractivity contribution < 1.29 is 14.3 Å². The highest BCUT2D eigenvalue weighted by Crippen LogP contribution is 2.66. The van der Waals surface area contributed by atoms with Gasteiger partial charge in [0.15, 0.2) is 0 Å². The molecule has 0 amide bonds. The van der Waals surface area contributed by atoms with Gasteiger partial charge in [-0.1, -0.05) is 45.3 Å². The van der Waals surface area contributed by atoms with Gasteiger partial charge in [0.1, 0.15) is 11.9 Å². The quantitative estimate of drug-likeness (QED) is 0.278. The predicted octanol–water partition coefficient (Wildman–Crippen LogP) is 6.65. The van der Waals surface area contributed by atoms with Gasteiger partial charge in [-0.25, -0.2) is 0 Å². The minimum Gasteiger partial charge on any atom is -0.462 e. The van der Waals surface area contributed by atoms with Crippen molar-refractivity contribution in [3.8, 4) is 0 Å². The van der Waals surface area contributed by atoms with E-state index in [1.54, 1.807) is 5.57 Å². The Labute approximate surface area is 183 Å². The Hall–Kier alpha value is -1.12. The van der Waals surface area contributed by atoms with Gasteiger partial charge in [-0.3, -0.25) is 9.59 Å². The number of rotatable bonds is 6. The van der Waals surface area contributed by atoms with E-state index in [1.165, 1.54) is 19.3 Å². The number of hydrogen-bond donors (Lipinski definition) is 0. The molecule has 0 bridgehead atoms. The normalized spacial score (nSPS) is 42.5. The maximum atomic E-state index is 12.3. The summed E-state index contributed by atoms with van der Waals surface area (Å²) in [4.78, 5) is 24.5. The van der Waals surface area contributed by atoms with E-state index in [0.717, 1.165) is 63.2 Å². The lowest BCUT2D eigenvalue weighted by Crippen LogP contribution is -2.51. The van der Waals surface area contributed by atoms with Crippen LogP contribution >= 0.6 is 0 Å². The fourth-order valence-corrected chi connectivity index (χ4v) is 8.16. The van der Waals surface area contributed by atoms with Crippen molar-refractivity contribution >= 4 is 11.8 Å². The van der Waals surface area contributed by atoms with Gasteiger partial charge in [0, 0.05) is 18.8 Å². The molecule has 4 aliphatic carbocycles. The molecule has 4 aliphatic rings. The molecule has 3 heteroatoms. The standard InChI is InChI=1S/C27H42O3/c1-5-6-7-8-25(29)30-20-13-15-26(3)19(17-20)9-10-21-23-12-11-22(18(2)28)27(23,4)16-14-24(21)26/h9,20-24H,5-8,10-17H2,1-4H3.